The van der Waals surface area contributed by atoms with Crippen LogP contribution in [0.15, 0.2) is 18.6 Å². The van der Waals surface area contributed by atoms with Crippen LogP contribution in [0.25, 0.3) is 5.65 Å². The van der Waals surface area contributed by atoms with Gasteiger partial charge in [0.15, 0.2) is 11.5 Å². The molecule has 3 heterocycles. The fourth-order valence-corrected chi connectivity index (χ4v) is 2.18. The molecule has 0 aliphatic carbocycles. The van der Waals surface area contributed by atoms with Crippen LogP contribution in [0.4, 0.5) is 11.6 Å². The molecule has 84 valence electrons. The molecule has 0 saturated carbocycles. The van der Waals surface area contributed by atoms with Gasteiger partial charge in [-0.3, -0.25) is 0 Å². The highest BCUT2D eigenvalue weighted by Crippen LogP contribution is 2.23. The first-order valence-electron chi connectivity index (χ1n) is 5.65. The molecule has 2 aromatic heterocycles. The maximum Gasteiger partial charge on any atom is 0.180 e. The molecule has 0 bridgehead atoms. The van der Waals surface area contributed by atoms with Crippen LogP contribution in [0.3, 0.4) is 0 Å². The van der Waals surface area contributed by atoms with Gasteiger partial charge in [0.05, 0.1) is 6.20 Å². The summed E-state index contributed by atoms with van der Waals surface area (Å²) in [6.07, 6.45) is 8.23. The first-order chi connectivity index (χ1) is 7.88. The summed E-state index contributed by atoms with van der Waals surface area (Å²) in [4.78, 5) is 11.3. The van der Waals surface area contributed by atoms with E-state index in [0.717, 1.165) is 30.4 Å². The molecule has 3 rings (SSSR count). The molecule has 0 unspecified atom stereocenters. The average molecular weight is 217 g/mol. The Balaban J connectivity index is 2.15. The van der Waals surface area contributed by atoms with Crippen molar-refractivity contribution in [1.82, 2.24) is 14.4 Å². The van der Waals surface area contributed by atoms with Gasteiger partial charge in [-0.15, -0.1) is 0 Å². The van der Waals surface area contributed by atoms with Gasteiger partial charge in [-0.25, -0.2) is 9.97 Å². The Bertz CT molecular complexity index is 498. The number of nitrogens with zero attached hydrogens (tertiary/aromatic N) is 4. The van der Waals surface area contributed by atoms with Crippen molar-refractivity contribution < 1.29 is 0 Å². The fourth-order valence-electron chi connectivity index (χ4n) is 2.18. The van der Waals surface area contributed by atoms with Crippen LogP contribution in [0, 0.1) is 0 Å². The molecule has 0 atom stereocenters. The summed E-state index contributed by atoms with van der Waals surface area (Å²) in [6.45, 7) is 2.17. The van der Waals surface area contributed by atoms with Crippen molar-refractivity contribution in [2.75, 3.05) is 30.4 Å². The van der Waals surface area contributed by atoms with E-state index in [9.17, 15) is 0 Å². The zero-order chi connectivity index (χ0) is 11.0. The highest BCUT2D eigenvalue weighted by atomic mass is 15.2. The van der Waals surface area contributed by atoms with E-state index >= 15 is 0 Å². The third-order valence-electron chi connectivity index (χ3n) is 3.02. The summed E-state index contributed by atoms with van der Waals surface area (Å²) in [5.41, 5.74) is 0.945. The smallest absolute Gasteiger partial charge is 0.180 e. The lowest BCUT2D eigenvalue weighted by molar-refractivity contribution is 0.928. The van der Waals surface area contributed by atoms with Crippen LogP contribution in [0.1, 0.15) is 12.8 Å². The van der Waals surface area contributed by atoms with Gasteiger partial charge in [0.2, 0.25) is 0 Å². The number of hydrogen-bond acceptors (Lipinski definition) is 4. The van der Waals surface area contributed by atoms with Crippen LogP contribution < -0.4 is 10.2 Å². The molecule has 0 radical (unpaired) electrons. The van der Waals surface area contributed by atoms with Crippen molar-refractivity contribution in [1.29, 1.82) is 0 Å². The molecular formula is C11H15N5. The molecule has 1 aliphatic heterocycles. The predicted molar refractivity (Wildman–Crippen MR) is 64.0 cm³/mol. The molecular weight excluding hydrogens is 202 g/mol. The van der Waals surface area contributed by atoms with Crippen molar-refractivity contribution in [3.63, 3.8) is 0 Å². The lowest BCUT2D eigenvalue weighted by Crippen LogP contribution is -2.20. The number of rotatable bonds is 2. The van der Waals surface area contributed by atoms with Crippen LogP contribution in [0.2, 0.25) is 0 Å². The van der Waals surface area contributed by atoms with Crippen molar-refractivity contribution in [2.45, 2.75) is 12.8 Å². The van der Waals surface area contributed by atoms with Gasteiger partial charge in [0.1, 0.15) is 5.82 Å². The molecule has 1 fully saturated rings. The van der Waals surface area contributed by atoms with Crippen LogP contribution in [-0.4, -0.2) is 34.5 Å². The zero-order valence-electron chi connectivity index (χ0n) is 9.35. The largest absolute Gasteiger partial charge is 0.372 e. The van der Waals surface area contributed by atoms with Gasteiger partial charge in [0, 0.05) is 32.5 Å². The second kappa shape index (κ2) is 3.66. The summed E-state index contributed by atoms with van der Waals surface area (Å²) >= 11 is 0. The SMILES string of the molecule is CNc1cn2ccnc2c(N2CCCC2)n1. The molecule has 0 spiro atoms. The zero-order valence-corrected chi connectivity index (χ0v) is 9.35. The first-order valence-corrected chi connectivity index (χ1v) is 5.65. The minimum absolute atomic E-state index is 0.882. The van der Waals surface area contributed by atoms with E-state index in [4.69, 9.17) is 0 Å². The third-order valence-corrected chi connectivity index (χ3v) is 3.02. The molecule has 5 heteroatoms. The summed E-state index contributed by atoms with van der Waals surface area (Å²) < 4.78 is 2.02. The van der Waals surface area contributed by atoms with Crippen LogP contribution in [0.5, 0.6) is 0 Å². The van der Waals surface area contributed by atoms with Crippen LogP contribution in [-0.2, 0) is 0 Å². The van der Waals surface area contributed by atoms with Crippen molar-refractivity contribution in [3.8, 4) is 0 Å². The Hall–Kier alpha value is -1.78. The molecule has 0 aromatic carbocycles. The number of aromatic nitrogens is 3. The Morgan fingerprint density at radius 1 is 1.31 bits per heavy atom. The number of imidazole rings is 1. The van der Waals surface area contributed by atoms with Gasteiger partial charge in [0.25, 0.3) is 0 Å². The Morgan fingerprint density at radius 2 is 2.12 bits per heavy atom. The quantitative estimate of drug-likeness (QED) is 0.825. The number of nitrogens with one attached hydrogen (secondary N) is 1. The summed E-state index contributed by atoms with van der Waals surface area (Å²) in [5.74, 6) is 1.88. The van der Waals surface area contributed by atoms with E-state index < -0.39 is 0 Å². The molecule has 1 N–H and O–H groups in total. The summed E-state index contributed by atoms with van der Waals surface area (Å²) in [6, 6.07) is 0. The molecule has 0 amide bonds. The lowest BCUT2D eigenvalue weighted by atomic mass is 10.4. The van der Waals surface area contributed by atoms with E-state index in [1.165, 1.54) is 12.8 Å². The average Bonchev–Trinajstić information content (AvgIpc) is 2.98. The maximum absolute atomic E-state index is 4.61. The van der Waals surface area contributed by atoms with E-state index in [2.05, 4.69) is 20.2 Å². The van der Waals surface area contributed by atoms with Gasteiger partial charge < -0.3 is 14.6 Å². The molecule has 16 heavy (non-hydrogen) atoms. The topological polar surface area (TPSA) is 45.5 Å². The van der Waals surface area contributed by atoms with E-state index in [-0.39, 0.29) is 0 Å². The maximum atomic E-state index is 4.61. The summed E-state index contributed by atoms with van der Waals surface area (Å²) in [5, 5.41) is 3.09. The molecule has 2 aromatic rings. The van der Waals surface area contributed by atoms with Crippen molar-refractivity contribution in [2.24, 2.45) is 0 Å². The van der Waals surface area contributed by atoms with E-state index in [0.29, 0.717) is 0 Å². The number of anilines is 2. The van der Waals surface area contributed by atoms with Gasteiger partial charge in [-0.2, -0.15) is 0 Å². The normalized spacial score (nSPS) is 15.9. The second-order valence-electron chi connectivity index (χ2n) is 4.05. The van der Waals surface area contributed by atoms with E-state index in [1.807, 2.05) is 30.0 Å². The van der Waals surface area contributed by atoms with Gasteiger partial charge in [-0.1, -0.05) is 0 Å². The summed E-state index contributed by atoms with van der Waals surface area (Å²) in [7, 11) is 1.89. The Kier molecular flexibility index (Phi) is 2.16. The van der Waals surface area contributed by atoms with Gasteiger partial charge in [-0.05, 0) is 12.8 Å². The fraction of sp³-hybridized carbons (Fsp3) is 0.455. The standard InChI is InChI=1S/C11H15N5/c1-12-9-8-16-7-4-13-10(16)11(14-9)15-5-2-3-6-15/h4,7-8,12H,2-3,5-6H2,1H3. The minimum Gasteiger partial charge on any atom is -0.372 e. The Labute approximate surface area is 94.1 Å². The number of fused-ring (bicyclic) bond motifs is 1. The van der Waals surface area contributed by atoms with Crippen molar-refractivity contribution in [3.05, 3.63) is 18.6 Å². The first kappa shape index (κ1) is 9.45. The second-order valence-corrected chi connectivity index (χ2v) is 4.05. The third kappa shape index (κ3) is 1.39. The highest BCUT2D eigenvalue weighted by molar-refractivity contribution is 5.67. The van der Waals surface area contributed by atoms with Crippen molar-refractivity contribution >= 4 is 17.3 Å². The molecule has 5 nitrogen and oxygen atoms in total. The Morgan fingerprint density at radius 3 is 2.88 bits per heavy atom. The monoisotopic (exact) mass is 217 g/mol. The lowest BCUT2D eigenvalue weighted by Gasteiger charge is -2.17. The highest BCUT2D eigenvalue weighted by Gasteiger charge is 2.18. The van der Waals surface area contributed by atoms with Crippen LogP contribution >= 0.6 is 0 Å². The predicted octanol–water partition coefficient (Wildman–Crippen LogP) is 1.37. The van der Waals surface area contributed by atoms with Gasteiger partial charge >= 0.3 is 0 Å². The number of hydrogen-bond donors (Lipinski definition) is 1. The minimum atomic E-state index is 0.882. The van der Waals surface area contributed by atoms with E-state index in [1.54, 1.807) is 0 Å². The molecule has 1 aliphatic rings. The molecule has 1 saturated heterocycles.